The quantitative estimate of drug-likeness (QED) is 0.672. The molecule has 1 aromatic heterocycles. The van der Waals surface area contributed by atoms with Gasteiger partial charge in [0.2, 0.25) is 0 Å². The van der Waals surface area contributed by atoms with Gasteiger partial charge >= 0.3 is 0 Å². The highest BCUT2D eigenvalue weighted by Crippen LogP contribution is 2.14. The predicted octanol–water partition coefficient (Wildman–Crippen LogP) is 2.57. The molecule has 14 heavy (non-hydrogen) atoms. The van der Waals surface area contributed by atoms with E-state index in [0.29, 0.717) is 0 Å². The third-order valence-electron chi connectivity index (χ3n) is 1.80. The van der Waals surface area contributed by atoms with Crippen LogP contribution in [0.1, 0.15) is 12.5 Å². The lowest BCUT2D eigenvalue weighted by Gasteiger charge is -1.92. The molecule has 0 saturated carbocycles. The maximum absolute atomic E-state index is 9.00. The average Bonchev–Trinajstić information content (AvgIpc) is 2.52. The van der Waals surface area contributed by atoms with Crippen molar-refractivity contribution in [3.05, 3.63) is 36.0 Å². The number of aromatic amines is 1. The minimum Gasteiger partial charge on any atom is -0.481 e. The molecule has 0 bridgehead atoms. The Morgan fingerprint density at radius 3 is 2.57 bits per heavy atom. The van der Waals surface area contributed by atoms with Gasteiger partial charge in [-0.15, -0.1) is 0 Å². The van der Waals surface area contributed by atoms with Gasteiger partial charge in [-0.25, -0.2) is 0 Å². The molecule has 0 fully saturated rings. The largest absolute Gasteiger partial charge is 0.481 e. The monoisotopic (exact) mass is 191 g/mol. The van der Waals surface area contributed by atoms with Gasteiger partial charge in [0, 0.05) is 18.6 Å². The first-order valence-electron chi connectivity index (χ1n) is 4.33. The second kappa shape index (κ2) is 4.46. The zero-order valence-electron chi connectivity index (χ0n) is 8.24. The summed E-state index contributed by atoms with van der Waals surface area (Å²) in [5.74, 6) is -0.833. The fourth-order valence-corrected chi connectivity index (χ4v) is 1.24. The van der Waals surface area contributed by atoms with E-state index >= 15 is 0 Å². The highest BCUT2D eigenvalue weighted by atomic mass is 16.4. The maximum Gasteiger partial charge on any atom is 0.300 e. The van der Waals surface area contributed by atoms with E-state index in [1.807, 2.05) is 6.20 Å². The minimum atomic E-state index is -0.833. The second-order valence-electron chi connectivity index (χ2n) is 3.04. The fourth-order valence-electron chi connectivity index (χ4n) is 1.24. The van der Waals surface area contributed by atoms with E-state index in [1.165, 1.54) is 16.5 Å². The Balaban J connectivity index is 0.000000213. The lowest BCUT2D eigenvalue weighted by Crippen LogP contribution is -1.78. The van der Waals surface area contributed by atoms with Crippen molar-refractivity contribution in [1.82, 2.24) is 4.98 Å². The molecule has 2 rings (SSSR count). The predicted molar refractivity (Wildman–Crippen MR) is 56.3 cm³/mol. The zero-order valence-corrected chi connectivity index (χ0v) is 8.24. The van der Waals surface area contributed by atoms with Crippen molar-refractivity contribution in [2.24, 2.45) is 0 Å². The van der Waals surface area contributed by atoms with E-state index in [1.54, 1.807) is 0 Å². The van der Waals surface area contributed by atoms with Gasteiger partial charge in [0.05, 0.1) is 0 Å². The number of carboxylic acids is 1. The lowest BCUT2D eigenvalue weighted by atomic mass is 10.2. The highest BCUT2D eigenvalue weighted by Gasteiger charge is 1.93. The summed E-state index contributed by atoms with van der Waals surface area (Å²) in [5.41, 5.74) is 2.56. The third-order valence-corrected chi connectivity index (χ3v) is 1.80. The number of aryl methyl sites for hydroxylation is 1. The Bertz CT molecular complexity index is 428. The smallest absolute Gasteiger partial charge is 0.300 e. The van der Waals surface area contributed by atoms with E-state index < -0.39 is 5.97 Å². The van der Waals surface area contributed by atoms with Crippen molar-refractivity contribution in [2.75, 3.05) is 0 Å². The van der Waals surface area contributed by atoms with Gasteiger partial charge in [-0.3, -0.25) is 4.79 Å². The molecule has 0 aliphatic rings. The highest BCUT2D eigenvalue weighted by molar-refractivity contribution is 5.82. The molecule has 2 aromatic rings. The number of H-pyrrole nitrogens is 1. The standard InChI is InChI=1S/C9H9N.C2H4O2/c1-7-3-2-4-8-5-6-10-9(7)8;1-2(3)4/h2-6,10H,1H3;1H3,(H,3,4). The zero-order chi connectivity index (χ0) is 10.6. The lowest BCUT2D eigenvalue weighted by molar-refractivity contribution is -0.134. The molecular weight excluding hydrogens is 178 g/mol. The fraction of sp³-hybridized carbons (Fsp3) is 0.182. The summed E-state index contributed by atoms with van der Waals surface area (Å²) in [6.45, 7) is 3.19. The summed E-state index contributed by atoms with van der Waals surface area (Å²) in [4.78, 5) is 12.2. The number of rotatable bonds is 0. The molecule has 1 aromatic carbocycles. The molecule has 0 aliphatic carbocycles. The summed E-state index contributed by atoms with van der Waals surface area (Å²) in [6, 6.07) is 8.38. The number of benzene rings is 1. The van der Waals surface area contributed by atoms with Crippen molar-refractivity contribution in [2.45, 2.75) is 13.8 Å². The van der Waals surface area contributed by atoms with Crippen LogP contribution in [-0.4, -0.2) is 16.1 Å². The van der Waals surface area contributed by atoms with E-state index in [2.05, 4.69) is 36.2 Å². The topological polar surface area (TPSA) is 53.1 Å². The van der Waals surface area contributed by atoms with Gasteiger partial charge in [0.25, 0.3) is 5.97 Å². The molecule has 2 N–H and O–H groups in total. The Hall–Kier alpha value is -1.77. The van der Waals surface area contributed by atoms with Gasteiger partial charge in [-0.2, -0.15) is 0 Å². The molecule has 0 aliphatic heterocycles. The number of carbonyl (C=O) groups is 1. The molecule has 0 radical (unpaired) electrons. The Morgan fingerprint density at radius 2 is 2.00 bits per heavy atom. The van der Waals surface area contributed by atoms with Crippen LogP contribution in [0.25, 0.3) is 10.9 Å². The Morgan fingerprint density at radius 1 is 1.36 bits per heavy atom. The number of hydrogen-bond acceptors (Lipinski definition) is 1. The molecule has 1 heterocycles. The molecule has 74 valence electrons. The van der Waals surface area contributed by atoms with Crippen LogP contribution in [0, 0.1) is 6.92 Å². The second-order valence-corrected chi connectivity index (χ2v) is 3.04. The summed E-state index contributed by atoms with van der Waals surface area (Å²) in [6.07, 6.45) is 1.97. The van der Waals surface area contributed by atoms with Gasteiger partial charge in [0.15, 0.2) is 0 Å². The molecule has 3 nitrogen and oxygen atoms in total. The summed E-state index contributed by atoms with van der Waals surface area (Å²) in [7, 11) is 0. The molecular formula is C11H13NO2. The number of hydrogen-bond donors (Lipinski definition) is 2. The number of carboxylic acid groups (broad SMARTS) is 1. The van der Waals surface area contributed by atoms with Crippen molar-refractivity contribution in [3.63, 3.8) is 0 Å². The van der Waals surface area contributed by atoms with Gasteiger partial charge < -0.3 is 10.1 Å². The van der Waals surface area contributed by atoms with Gasteiger partial charge in [-0.05, 0) is 23.9 Å². The van der Waals surface area contributed by atoms with Crippen LogP contribution in [0.15, 0.2) is 30.5 Å². The summed E-state index contributed by atoms with van der Waals surface area (Å²) in [5, 5.41) is 8.71. The average molecular weight is 191 g/mol. The maximum atomic E-state index is 9.00. The van der Waals surface area contributed by atoms with Crippen LogP contribution in [0.5, 0.6) is 0 Å². The number of fused-ring (bicyclic) bond motifs is 1. The molecule has 0 saturated heterocycles. The van der Waals surface area contributed by atoms with E-state index in [0.717, 1.165) is 6.92 Å². The molecule has 0 amide bonds. The minimum absolute atomic E-state index is 0.833. The van der Waals surface area contributed by atoms with Gasteiger partial charge in [-0.1, -0.05) is 18.2 Å². The normalized spacial score (nSPS) is 9.29. The number of nitrogens with one attached hydrogen (secondary N) is 1. The van der Waals surface area contributed by atoms with Crippen LogP contribution in [-0.2, 0) is 4.79 Å². The Kier molecular flexibility index (Phi) is 3.29. The van der Waals surface area contributed by atoms with Gasteiger partial charge in [0.1, 0.15) is 0 Å². The molecule has 0 atom stereocenters. The van der Waals surface area contributed by atoms with Crippen molar-refractivity contribution < 1.29 is 9.90 Å². The Labute approximate surface area is 82.4 Å². The van der Waals surface area contributed by atoms with E-state index in [-0.39, 0.29) is 0 Å². The van der Waals surface area contributed by atoms with Crippen molar-refractivity contribution in [3.8, 4) is 0 Å². The third kappa shape index (κ3) is 2.62. The number of aromatic nitrogens is 1. The molecule has 0 spiro atoms. The number of para-hydroxylation sites is 1. The first kappa shape index (κ1) is 10.3. The SMILES string of the molecule is CC(=O)O.Cc1cccc2cc[nH]c12. The van der Waals surface area contributed by atoms with Crippen LogP contribution in [0.4, 0.5) is 0 Å². The summed E-state index contributed by atoms with van der Waals surface area (Å²) >= 11 is 0. The molecule has 0 unspecified atom stereocenters. The van der Waals surface area contributed by atoms with Crippen molar-refractivity contribution in [1.29, 1.82) is 0 Å². The first-order chi connectivity index (χ1) is 6.61. The van der Waals surface area contributed by atoms with E-state index in [4.69, 9.17) is 9.90 Å². The van der Waals surface area contributed by atoms with Crippen molar-refractivity contribution >= 4 is 16.9 Å². The van der Waals surface area contributed by atoms with Crippen LogP contribution in [0.3, 0.4) is 0 Å². The van der Waals surface area contributed by atoms with E-state index in [9.17, 15) is 0 Å². The van der Waals surface area contributed by atoms with Crippen LogP contribution >= 0.6 is 0 Å². The first-order valence-corrected chi connectivity index (χ1v) is 4.33. The van der Waals surface area contributed by atoms with Crippen LogP contribution < -0.4 is 0 Å². The number of aliphatic carboxylic acids is 1. The molecule has 3 heteroatoms. The summed E-state index contributed by atoms with van der Waals surface area (Å²) < 4.78 is 0. The van der Waals surface area contributed by atoms with Crippen LogP contribution in [0.2, 0.25) is 0 Å².